The average molecular weight is 208 g/mol. The summed E-state index contributed by atoms with van der Waals surface area (Å²) in [6, 6.07) is 0.395. The van der Waals surface area contributed by atoms with E-state index >= 15 is 0 Å². The number of nitrogens with zero attached hydrogens (tertiary/aromatic N) is 2. The van der Waals surface area contributed by atoms with Crippen molar-refractivity contribution in [1.29, 1.82) is 0 Å². The standard InChI is InChI=1S/C13H24N2/c1-4-5-6-7-8-12-10-14-15-13(12)9-11(2)3/h10-11,13H,4-9H2,1-3H3. The van der Waals surface area contributed by atoms with Crippen LogP contribution in [0.25, 0.3) is 0 Å². The predicted molar refractivity (Wildman–Crippen MR) is 64.9 cm³/mol. The van der Waals surface area contributed by atoms with Gasteiger partial charge in [-0.05, 0) is 30.8 Å². The van der Waals surface area contributed by atoms with Gasteiger partial charge in [-0.1, -0.05) is 40.0 Å². The zero-order chi connectivity index (χ0) is 11.1. The van der Waals surface area contributed by atoms with E-state index in [2.05, 4.69) is 31.0 Å². The second-order valence-corrected chi connectivity index (χ2v) is 4.89. The van der Waals surface area contributed by atoms with Gasteiger partial charge in [-0.25, -0.2) is 0 Å². The van der Waals surface area contributed by atoms with Crippen LogP contribution in [0.5, 0.6) is 0 Å². The first kappa shape index (κ1) is 12.4. The molecule has 1 heterocycles. The largest absolute Gasteiger partial charge is 0.181 e. The van der Waals surface area contributed by atoms with Crippen LogP contribution in [0.4, 0.5) is 0 Å². The van der Waals surface area contributed by atoms with Crippen molar-refractivity contribution in [3.63, 3.8) is 0 Å². The lowest BCUT2D eigenvalue weighted by Crippen LogP contribution is -2.08. The zero-order valence-electron chi connectivity index (χ0n) is 10.4. The maximum atomic E-state index is 4.29. The highest BCUT2D eigenvalue weighted by molar-refractivity contribution is 5.13. The fourth-order valence-electron chi connectivity index (χ4n) is 1.98. The Balaban J connectivity index is 2.23. The molecule has 2 heteroatoms. The van der Waals surface area contributed by atoms with Crippen molar-refractivity contribution in [2.24, 2.45) is 16.1 Å². The normalized spacial score (nSPS) is 20.0. The molecule has 86 valence electrons. The first-order chi connectivity index (χ1) is 7.24. The molecule has 0 aromatic heterocycles. The van der Waals surface area contributed by atoms with Crippen LogP contribution in [0, 0.1) is 5.92 Å². The summed E-state index contributed by atoms with van der Waals surface area (Å²) >= 11 is 0. The Bertz CT molecular complexity index is 229. The number of hydrogen-bond donors (Lipinski definition) is 0. The van der Waals surface area contributed by atoms with Crippen molar-refractivity contribution in [3.8, 4) is 0 Å². The molecule has 2 nitrogen and oxygen atoms in total. The van der Waals surface area contributed by atoms with Gasteiger partial charge in [0.25, 0.3) is 0 Å². The van der Waals surface area contributed by atoms with Gasteiger partial charge >= 0.3 is 0 Å². The van der Waals surface area contributed by atoms with E-state index in [0.29, 0.717) is 12.0 Å². The quantitative estimate of drug-likeness (QED) is 0.541. The fourth-order valence-corrected chi connectivity index (χ4v) is 1.98. The van der Waals surface area contributed by atoms with Gasteiger partial charge in [-0.2, -0.15) is 10.2 Å². The number of azo groups is 1. The van der Waals surface area contributed by atoms with Crippen molar-refractivity contribution in [2.45, 2.75) is 65.3 Å². The van der Waals surface area contributed by atoms with Gasteiger partial charge in [0.2, 0.25) is 0 Å². The van der Waals surface area contributed by atoms with E-state index in [0.717, 1.165) is 6.42 Å². The van der Waals surface area contributed by atoms with Gasteiger partial charge in [0.05, 0.1) is 12.2 Å². The van der Waals surface area contributed by atoms with Crippen molar-refractivity contribution in [3.05, 3.63) is 11.8 Å². The summed E-state index contributed by atoms with van der Waals surface area (Å²) < 4.78 is 0. The van der Waals surface area contributed by atoms with Gasteiger partial charge in [-0.15, -0.1) is 0 Å². The molecule has 0 radical (unpaired) electrons. The summed E-state index contributed by atoms with van der Waals surface area (Å²) in [5.74, 6) is 0.714. The van der Waals surface area contributed by atoms with E-state index in [-0.39, 0.29) is 0 Å². The van der Waals surface area contributed by atoms with Gasteiger partial charge in [0.1, 0.15) is 0 Å². The molecule has 0 aromatic rings. The molecular weight excluding hydrogens is 184 g/mol. The number of hydrogen-bond acceptors (Lipinski definition) is 2. The highest BCUT2D eigenvalue weighted by Gasteiger charge is 2.18. The Morgan fingerprint density at radius 1 is 1.27 bits per heavy atom. The summed E-state index contributed by atoms with van der Waals surface area (Å²) in [6.07, 6.45) is 9.66. The third kappa shape index (κ3) is 4.59. The lowest BCUT2D eigenvalue weighted by molar-refractivity contribution is 0.518. The van der Waals surface area contributed by atoms with Crippen LogP contribution in [-0.4, -0.2) is 6.04 Å². The van der Waals surface area contributed by atoms with Crippen LogP contribution >= 0.6 is 0 Å². The van der Waals surface area contributed by atoms with E-state index in [1.807, 2.05) is 6.20 Å². The minimum atomic E-state index is 0.395. The SMILES string of the molecule is CCCCCCC1=CN=NC1CC(C)C. The summed E-state index contributed by atoms with van der Waals surface area (Å²) in [5.41, 5.74) is 1.46. The van der Waals surface area contributed by atoms with Gasteiger partial charge < -0.3 is 0 Å². The molecule has 0 bridgehead atoms. The second kappa shape index (κ2) is 6.76. The maximum Gasteiger partial charge on any atom is 0.0942 e. The van der Waals surface area contributed by atoms with Crippen LogP contribution in [0.15, 0.2) is 22.0 Å². The minimum absolute atomic E-state index is 0.395. The molecule has 0 aromatic carbocycles. The van der Waals surface area contributed by atoms with Gasteiger partial charge in [0.15, 0.2) is 0 Å². The van der Waals surface area contributed by atoms with Crippen molar-refractivity contribution >= 4 is 0 Å². The minimum Gasteiger partial charge on any atom is -0.181 e. The van der Waals surface area contributed by atoms with Gasteiger partial charge in [-0.3, -0.25) is 0 Å². The van der Waals surface area contributed by atoms with Crippen LogP contribution in [0.3, 0.4) is 0 Å². The van der Waals surface area contributed by atoms with Crippen LogP contribution in [0.2, 0.25) is 0 Å². The number of unbranched alkanes of at least 4 members (excludes halogenated alkanes) is 3. The number of rotatable bonds is 7. The van der Waals surface area contributed by atoms with Gasteiger partial charge in [0, 0.05) is 0 Å². The highest BCUT2D eigenvalue weighted by Crippen LogP contribution is 2.25. The van der Waals surface area contributed by atoms with Crippen molar-refractivity contribution in [1.82, 2.24) is 0 Å². The Hall–Kier alpha value is -0.660. The topological polar surface area (TPSA) is 24.7 Å². The van der Waals surface area contributed by atoms with Crippen LogP contribution < -0.4 is 0 Å². The molecule has 15 heavy (non-hydrogen) atoms. The lowest BCUT2D eigenvalue weighted by atomic mass is 9.95. The third-order valence-corrected chi connectivity index (χ3v) is 2.87. The molecule has 1 aliphatic rings. The molecular formula is C13H24N2. The van der Waals surface area contributed by atoms with Crippen LogP contribution in [0.1, 0.15) is 59.3 Å². The Morgan fingerprint density at radius 2 is 2.07 bits per heavy atom. The predicted octanol–water partition coefficient (Wildman–Crippen LogP) is 4.72. The lowest BCUT2D eigenvalue weighted by Gasteiger charge is -2.13. The first-order valence-electron chi connectivity index (χ1n) is 6.33. The first-order valence-corrected chi connectivity index (χ1v) is 6.33. The average Bonchev–Trinajstić information content (AvgIpc) is 2.59. The summed E-state index contributed by atoms with van der Waals surface area (Å²) in [7, 11) is 0. The van der Waals surface area contributed by atoms with E-state index in [1.54, 1.807) is 0 Å². The van der Waals surface area contributed by atoms with Crippen LogP contribution in [-0.2, 0) is 0 Å². The molecule has 1 rings (SSSR count). The smallest absolute Gasteiger partial charge is 0.0942 e. The molecule has 0 fully saturated rings. The van der Waals surface area contributed by atoms with Crippen molar-refractivity contribution < 1.29 is 0 Å². The third-order valence-electron chi connectivity index (χ3n) is 2.87. The van der Waals surface area contributed by atoms with Crippen molar-refractivity contribution in [2.75, 3.05) is 0 Å². The molecule has 0 aliphatic carbocycles. The Labute approximate surface area is 93.9 Å². The molecule has 0 spiro atoms. The van der Waals surface area contributed by atoms with E-state index in [4.69, 9.17) is 0 Å². The summed E-state index contributed by atoms with van der Waals surface area (Å²) in [4.78, 5) is 0. The summed E-state index contributed by atoms with van der Waals surface area (Å²) in [6.45, 7) is 6.76. The Kier molecular flexibility index (Phi) is 5.59. The monoisotopic (exact) mass is 208 g/mol. The molecule has 1 atom stereocenters. The van der Waals surface area contributed by atoms with E-state index < -0.39 is 0 Å². The molecule has 0 saturated heterocycles. The molecule has 0 N–H and O–H groups in total. The molecule has 1 unspecified atom stereocenters. The molecule has 0 amide bonds. The zero-order valence-corrected chi connectivity index (χ0v) is 10.4. The van der Waals surface area contributed by atoms with E-state index in [9.17, 15) is 0 Å². The maximum absolute atomic E-state index is 4.29. The Morgan fingerprint density at radius 3 is 2.73 bits per heavy atom. The fraction of sp³-hybridized carbons (Fsp3) is 0.846. The molecule has 1 aliphatic heterocycles. The highest BCUT2D eigenvalue weighted by atomic mass is 15.1. The molecule has 0 saturated carbocycles. The summed E-state index contributed by atoms with van der Waals surface area (Å²) in [5, 5.41) is 8.35. The second-order valence-electron chi connectivity index (χ2n) is 4.89. The van der Waals surface area contributed by atoms with E-state index in [1.165, 1.54) is 37.7 Å².